The molecule has 0 atom stereocenters. The quantitative estimate of drug-likeness (QED) is 0.166. The highest BCUT2D eigenvalue weighted by molar-refractivity contribution is 6.00. The number of ether oxygens (including phenoxy) is 2. The molecule has 0 spiro atoms. The Morgan fingerprint density at radius 2 is 1.11 bits per heavy atom. The average molecular weight is 372 g/mol. The first-order chi connectivity index (χ1) is 13.2. The lowest BCUT2D eigenvalue weighted by Crippen LogP contribution is -2.15. The fraction of sp³-hybridized carbons (Fsp3) is 0.263. The number of nitrogens with zero attached hydrogens (tertiary/aromatic N) is 2. The van der Waals surface area contributed by atoms with Crippen LogP contribution in [0.2, 0.25) is 0 Å². The first kappa shape index (κ1) is 19.9. The van der Waals surface area contributed by atoms with E-state index in [0.717, 1.165) is 19.3 Å². The highest BCUT2D eigenvalue weighted by Gasteiger charge is 2.08. The molecule has 0 aromatic heterocycles. The van der Waals surface area contributed by atoms with E-state index in [1.54, 1.807) is 36.4 Å². The zero-order valence-electron chi connectivity index (χ0n) is 14.9. The molecule has 0 saturated heterocycles. The van der Waals surface area contributed by atoms with Gasteiger partial charge in [-0.1, -0.05) is 34.6 Å². The van der Waals surface area contributed by atoms with E-state index in [1.807, 2.05) is 12.1 Å². The molecule has 0 amide bonds. The van der Waals surface area contributed by atoms with Crippen molar-refractivity contribution in [2.24, 2.45) is 21.8 Å². The molecule has 2 aromatic rings. The van der Waals surface area contributed by atoms with Crippen molar-refractivity contribution in [1.82, 2.24) is 0 Å². The molecule has 0 aliphatic rings. The number of nitrogens with two attached hydrogens (primary N) is 2. The van der Waals surface area contributed by atoms with Crippen LogP contribution >= 0.6 is 0 Å². The summed E-state index contributed by atoms with van der Waals surface area (Å²) in [6, 6.07) is 14.3. The number of oxime groups is 2. The highest BCUT2D eigenvalue weighted by Crippen LogP contribution is 2.19. The van der Waals surface area contributed by atoms with Gasteiger partial charge in [-0.15, -0.1) is 0 Å². The fourth-order valence-electron chi connectivity index (χ4n) is 2.46. The molecule has 8 nitrogen and oxygen atoms in total. The van der Waals surface area contributed by atoms with Crippen LogP contribution in [0.15, 0.2) is 58.8 Å². The average Bonchev–Trinajstić information content (AvgIpc) is 2.72. The van der Waals surface area contributed by atoms with Crippen LogP contribution in [0, 0.1) is 0 Å². The molecular weight excluding hydrogens is 348 g/mol. The monoisotopic (exact) mass is 372 g/mol. The van der Waals surface area contributed by atoms with Gasteiger partial charge in [0.2, 0.25) is 0 Å². The Morgan fingerprint density at radius 1 is 0.704 bits per heavy atom. The Kier molecular flexibility index (Phi) is 7.77. The van der Waals surface area contributed by atoms with Crippen LogP contribution < -0.4 is 20.9 Å². The molecule has 0 saturated carbocycles. The molecule has 0 aliphatic carbocycles. The molecule has 8 heteroatoms. The SMILES string of the molecule is NC(=NO)c1ccccc1OCCCCCOc1ccccc1C(N)=NO. The summed E-state index contributed by atoms with van der Waals surface area (Å²) in [5, 5.41) is 23.6. The van der Waals surface area contributed by atoms with Gasteiger partial charge in [-0.25, -0.2) is 0 Å². The van der Waals surface area contributed by atoms with E-state index in [2.05, 4.69) is 10.3 Å². The van der Waals surface area contributed by atoms with Gasteiger partial charge in [0.1, 0.15) is 11.5 Å². The number of amidine groups is 2. The second kappa shape index (κ2) is 10.5. The second-order valence-electron chi connectivity index (χ2n) is 5.72. The van der Waals surface area contributed by atoms with Gasteiger partial charge in [0, 0.05) is 0 Å². The number of benzene rings is 2. The molecule has 6 N–H and O–H groups in total. The van der Waals surface area contributed by atoms with Crippen LogP contribution in [0.1, 0.15) is 30.4 Å². The smallest absolute Gasteiger partial charge is 0.173 e. The zero-order valence-corrected chi connectivity index (χ0v) is 14.9. The van der Waals surface area contributed by atoms with Crippen molar-refractivity contribution >= 4 is 11.7 Å². The minimum Gasteiger partial charge on any atom is -0.493 e. The van der Waals surface area contributed by atoms with Gasteiger partial charge in [-0.05, 0) is 43.5 Å². The van der Waals surface area contributed by atoms with Gasteiger partial charge in [0.05, 0.1) is 24.3 Å². The molecule has 0 aliphatic heterocycles. The van der Waals surface area contributed by atoms with Crippen LogP contribution in [-0.4, -0.2) is 35.3 Å². The van der Waals surface area contributed by atoms with E-state index in [4.69, 9.17) is 31.4 Å². The van der Waals surface area contributed by atoms with Gasteiger partial charge >= 0.3 is 0 Å². The summed E-state index contributed by atoms with van der Waals surface area (Å²) in [5.74, 6) is 1.19. The number of hydrogen-bond donors (Lipinski definition) is 4. The lowest BCUT2D eigenvalue weighted by molar-refractivity contribution is 0.278. The predicted octanol–water partition coefficient (Wildman–Crippen LogP) is 2.50. The molecule has 0 unspecified atom stereocenters. The van der Waals surface area contributed by atoms with Crippen molar-refractivity contribution in [3.05, 3.63) is 59.7 Å². The molecule has 144 valence electrons. The first-order valence-corrected chi connectivity index (χ1v) is 8.56. The lowest BCUT2D eigenvalue weighted by Gasteiger charge is -2.11. The van der Waals surface area contributed by atoms with Crippen molar-refractivity contribution in [3.8, 4) is 11.5 Å². The summed E-state index contributed by atoms with van der Waals surface area (Å²) in [6.07, 6.45) is 2.56. The molecule has 2 rings (SSSR count). The van der Waals surface area contributed by atoms with Gasteiger partial charge in [-0.3, -0.25) is 0 Å². The van der Waals surface area contributed by atoms with Crippen LogP contribution in [0.4, 0.5) is 0 Å². The van der Waals surface area contributed by atoms with E-state index in [0.29, 0.717) is 35.8 Å². The Labute approximate surface area is 157 Å². The molecule has 0 heterocycles. The normalized spacial score (nSPS) is 12.0. The fourth-order valence-corrected chi connectivity index (χ4v) is 2.46. The van der Waals surface area contributed by atoms with Crippen molar-refractivity contribution in [1.29, 1.82) is 0 Å². The zero-order chi connectivity index (χ0) is 19.5. The van der Waals surface area contributed by atoms with E-state index >= 15 is 0 Å². The maximum absolute atomic E-state index is 8.81. The summed E-state index contributed by atoms with van der Waals surface area (Å²) < 4.78 is 11.4. The van der Waals surface area contributed by atoms with Crippen molar-refractivity contribution < 1.29 is 19.9 Å². The van der Waals surface area contributed by atoms with Crippen LogP contribution in [0.5, 0.6) is 11.5 Å². The van der Waals surface area contributed by atoms with Crippen molar-refractivity contribution in [2.45, 2.75) is 19.3 Å². The molecule has 2 aromatic carbocycles. The maximum Gasteiger partial charge on any atom is 0.173 e. The largest absolute Gasteiger partial charge is 0.493 e. The standard InChI is InChI=1S/C19H24N4O4/c20-18(22-24)14-8-2-4-10-16(14)26-12-6-1-7-13-27-17-11-5-3-9-15(17)19(21)23-25/h2-5,8-11,24-25H,1,6-7,12-13H2,(H2,20,22)(H2,21,23). The van der Waals surface area contributed by atoms with Crippen molar-refractivity contribution in [2.75, 3.05) is 13.2 Å². The Hall–Kier alpha value is -3.42. The van der Waals surface area contributed by atoms with E-state index in [-0.39, 0.29) is 11.7 Å². The van der Waals surface area contributed by atoms with E-state index < -0.39 is 0 Å². The number of hydrogen-bond acceptors (Lipinski definition) is 6. The third kappa shape index (κ3) is 5.81. The van der Waals surface area contributed by atoms with Crippen LogP contribution in [0.25, 0.3) is 0 Å². The lowest BCUT2D eigenvalue weighted by atomic mass is 10.2. The Morgan fingerprint density at radius 3 is 1.52 bits per heavy atom. The second-order valence-corrected chi connectivity index (χ2v) is 5.72. The van der Waals surface area contributed by atoms with Gasteiger partial charge < -0.3 is 31.4 Å². The number of para-hydroxylation sites is 2. The number of unbranched alkanes of at least 4 members (excludes halogenated alkanes) is 2. The first-order valence-electron chi connectivity index (χ1n) is 8.56. The van der Waals surface area contributed by atoms with E-state index in [9.17, 15) is 0 Å². The van der Waals surface area contributed by atoms with Crippen LogP contribution in [0.3, 0.4) is 0 Å². The summed E-state index contributed by atoms with van der Waals surface area (Å²) in [7, 11) is 0. The Bertz CT molecular complexity index is 727. The molecule has 27 heavy (non-hydrogen) atoms. The molecule has 0 radical (unpaired) electrons. The summed E-state index contributed by atoms with van der Waals surface area (Å²) in [4.78, 5) is 0. The molecule has 0 bridgehead atoms. The van der Waals surface area contributed by atoms with Gasteiger partial charge in [0.15, 0.2) is 11.7 Å². The minimum absolute atomic E-state index is 0.0170. The topological polar surface area (TPSA) is 136 Å². The molecule has 0 fully saturated rings. The highest BCUT2D eigenvalue weighted by atomic mass is 16.5. The molecular formula is C19H24N4O4. The predicted molar refractivity (Wildman–Crippen MR) is 103 cm³/mol. The van der Waals surface area contributed by atoms with Crippen molar-refractivity contribution in [3.63, 3.8) is 0 Å². The number of rotatable bonds is 10. The Balaban J connectivity index is 1.72. The third-order valence-corrected chi connectivity index (χ3v) is 3.85. The van der Waals surface area contributed by atoms with Gasteiger partial charge in [0.25, 0.3) is 0 Å². The third-order valence-electron chi connectivity index (χ3n) is 3.85. The summed E-state index contributed by atoms with van der Waals surface area (Å²) in [6.45, 7) is 1.02. The van der Waals surface area contributed by atoms with Gasteiger partial charge in [-0.2, -0.15) is 0 Å². The summed E-state index contributed by atoms with van der Waals surface area (Å²) >= 11 is 0. The maximum atomic E-state index is 8.81. The summed E-state index contributed by atoms with van der Waals surface area (Å²) in [5.41, 5.74) is 12.4. The minimum atomic E-state index is 0.0170. The van der Waals surface area contributed by atoms with E-state index in [1.165, 1.54) is 0 Å². The van der Waals surface area contributed by atoms with Crippen LogP contribution in [-0.2, 0) is 0 Å².